The summed E-state index contributed by atoms with van der Waals surface area (Å²) in [6.07, 6.45) is -12.3. The Labute approximate surface area is 206 Å². The molecule has 36 heavy (non-hydrogen) atoms. The van der Waals surface area contributed by atoms with Crippen LogP contribution in [0.2, 0.25) is 0 Å². The number of alkyl halides is 6. The number of carbonyl (C=O) groups excluding carboxylic acids is 2. The van der Waals surface area contributed by atoms with E-state index in [1.54, 1.807) is 31.4 Å². The van der Waals surface area contributed by atoms with Crippen LogP contribution >= 0.6 is 0 Å². The predicted molar refractivity (Wildman–Crippen MR) is 116 cm³/mol. The standard InChI is InChI=1S/C10H18F3NO5S.C9H16F3NO3/c1-9(2,3)19-8(15)14-7(10(11,12)13)5-6-18-20(4,16)17;1-8(2,3)16-7(15)13-6(4-5-14)9(10,11)12/h7H,5-6H2,1-4H3,(H,14,15);6,14H,4-5H2,1-3H3,(H,13,15). The molecule has 2 atom stereocenters. The fraction of sp³-hybridized carbons (Fsp3) is 0.895. The van der Waals surface area contributed by atoms with Crippen molar-refractivity contribution in [2.75, 3.05) is 19.5 Å². The summed E-state index contributed by atoms with van der Waals surface area (Å²) in [7, 11) is -3.83. The van der Waals surface area contributed by atoms with Gasteiger partial charge in [0.1, 0.15) is 23.3 Å². The zero-order chi connectivity index (χ0) is 29.2. The molecule has 3 N–H and O–H groups in total. The zero-order valence-electron chi connectivity index (χ0n) is 21.0. The van der Waals surface area contributed by atoms with E-state index in [1.165, 1.54) is 20.8 Å². The van der Waals surface area contributed by atoms with Gasteiger partial charge in [-0.05, 0) is 48.0 Å². The number of halogens is 6. The lowest BCUT2D eigenvalue weighted by Crippen LogP contribution is -2.47. The molecule has 0 radical (unpaired) electrons. The summed E-state index contributed by atoms with van der Waals surface area (Å²) in [5.74, 6) is 0. The molecule has 0 aromatic heterocycles. The Morgan fingerprint density at radius 2 is 1.11 bits per heavy atom. The fourth-order valence-electron chi connectivity index (χ4n) is 1.98. The summed E-state index contributed by atoms with van der Waals surface area (Å²) < 4.78 is 110. The molecule has 0 saturated carbocycles. The largest absolute Gasteiger partial charge is 0.444 e. The molecular weight excluding hydrogens is 530 g/mol. The van der Waals surface area contributed by atoms with Crippen molar-refractivity contribution < 1.29 is 63.1 Å². The Bertz CT molecular complexity index is 790. The number of aliphatic hydroxyl groups is 1. The molecule has 0 aromatic rings. The molecule has 0 aromatic carbocycles. The number of hydrogen-bond donors (Lipinski definition) is 3. The normalized spacial score (nSPS) is 14.6. The van der Waals surface area contributed by atoms with Crippen LogP contribution in [0.3, 0.4) is 0 Å². The number of alkyl carbamates (subject to hydrolysis) is 2. The lowest BCUT2D eigenvalue weighted by Gasteiger charge is -2.24. The highest BCUT2D eigenvalue weighted by molar-refractivity contribution is 7.85. The highest BCUT2D eigenvalue weighted by atomic mass is 32.2. The molecule has 0 spiro atoms. The van der Waals surface area contributed by atoms with E-state index in [0.717, 1.165) is 6.26 Å². The highest BCUT2D eigenvalue weighted by Gasteiger charge is 2.42. The minimum atomic E-state index is -4.74. The van der Waals surface area contributed by atoms with Gasteiger partial charge in [-0.3, -0.25) is 4.18 Å². The van der Waals surface area contributed by atoms with Crippen LogP contribution < -0.4 is 10.6 Å². The molecule has 0 fully saturated rings. The first-order valence-electron chi connectivity index (χ1n) is 10.3. The minimum Gasteiger partial charge on any atom is -0.444 e. The summed E-state index contributed by atoms with van der Waals surface area (Å²) in [6, 6.07) is -4.34. The summed E-state index contributed by atoms with van der Waals surface area (Å²) in [6.45, 7) is 7.77. The monoisotopic (exact) mass is 564 g/mol. The third-order valence-corrected chi connectivity index (χ3v) is 3.89. The van der Waals surface area contributed by atoms with E-state index in [9.17, 15) is 44.3 Å². The van der Waals surface area contributed by atoms with Gasteiger partial charge in [-0.2, -0.15) is 34.8 Å². The SMILES string of the molecule is CC(C)(C)OC(=O)NC(CCO)C(F)(F)F.CC(C)(C)OC(=O)NC(CCOS(C)(=O)=O)C(F)(F)F. The Hall–Kier alpha value is -2.01. The van der Waals surface area contributed by atoms with Crippen LogP contribution in [0.1, 0.15) is 54.4 Å². The summed E-state index contributed by atoms with van der Waals surface area (Å²) >= 11 is 0. The van der Waals surface area contributed by atoms with Gasteiger partial charge in [0.2, 0.25) is 0 Å². The van der Waals surface area contributed by atoms with Crippen LogP contribution in [-0.2, 0) is 23.8 Å². The maximum atomic E-state index is 12.7. The number of amides is 2. The van der Waals surface area contributed by atoms with Crippen molar-refractivity contribution in [3.63, 3.8) is 0 Å². The van der Waals surface area contributed by atoms with E-state index in [1.807, 2.05) is 0 Å². The van der Waals surface area contributed by atoms with Gasteiger partial charge >= 0.3 is 24.5 Å². The van der Waals surface area contributed by atoms with Crippen LogP contribution in [0.4, 0.5) is 35.9 Å². The number of carbonyl (C=O) groups is 2. The molecule has 10 nitrogen and oxygen atoms in total. The lowest BCUT2D eigenvalue weighted by molar-refractivity contribution is -0.158. The van der Waals surface area contributed by atoms with Crippen LogP contribution in [0.5, 0.6) is 0 Å². The van der Waals surface area contributed by atoms with Gasteiger partial charge in [-0.25, -0.2) is 9.59 Å². The van der Waals surface area contributed by atoms with Crippen LogP contribution in [0.25, 0.3) is 0 Å². The van der Waals surface area contributed by atoms with Gasteiger partial charge in [-0.1, -0.05) is 0 Å². The van der Waals surface area contributed by atoms with Gasteiger partial charge in [-0.15, -0.1) is 0 Å². The Balaban J connectivity index is 0. The second-order valence-electron chi connectivity index (χ2n) is 9.31. The maximum Gasteiger partial charge on any atom is 0.408 e. The molecule has 216 valence electrons. The predicted octanol–water partition coefficient (Wildman–Crippen LogP) is 3.63. The summed E-state index contributed by atoms with van der Waals surface area (Å²) in [4.78, 5) is 22.4. The number of ether oxygens (including phenoxy) is 2. The van der Waals surface area contributed by atoms with Crippen molar-refractivity contribution in [1.82, 2.24) is 10.6 Å². The van der Waals surface area contributed by atoms with Crippen molar-refractivity contribution in [1.29, 1.82) is 0 Å². The smallest absolute Gasteiger partial charge is 0.408 e. The second kappa shape index (κ2) is 14.1. The van der Waals surface area contributed by atoms with Gasteiger partial charge in [0.25, 0.3) is 10.1 Å². The maximum absolute atomic E-state index is 12.7. The Kier molecular flexibility index (Phi) is 14.1. The van der Waals surface area contributed by atoms with Gasteiger partial charge < -0.3 is 25.2 Å². The molecular formula is C19H34F6N2O8S. The van der Waals surface area contributed by atoms with E-state index in [4.69, 9.17) is 9.84 Å². The number of hydrogen-bond acceptors (Lipinski definition) is 8. The molecule has 0 aliphatic carbocycles. The lowest BCUT2D eigenvalue weighted by atomic mass is 10.2. The number of aliphatic hydroxyl groups excluding tert-OH is 1. The van der Waals surface area contributed by atoms with E-state index in [0.29, 0.717) is 0 Å². The first-order valence-corrected chi connectivity index (χ1v) is 12.2. The van der Waals surface area contributed by atoms with Gasteiger partial charge in [0.05, 0.1) is 12.9 Å². The molecule has 2 unspecified atom stereocenters. The van der Waals surface area contributed by atoms with E-state index < -0.39 is 84.0 Å². The van der Waals surface area contributed by atoms with Crippen molar-refractivity contribution >= 4 is 22.3 Å². The molecule has 0 bridgehead atoms. The van der Waals surface area contributed by atoms with Crippen molar-refractivity contribution in [3.05, 3.63) is 0 Å². The van der Waals surface area contributed by atoms with Gasteiger partial charge in [0, 0.05) is 13.0 Å². The van der Waals surface area contributed by atoms with Crippen LogP contribution in [0.15, 0.2) is 0 Å². The Morgan fingerprint density at radius 3 is 1.36 bits per heavy atom. The van der Waals surface area contributed by atoms with Crippen molar-refractivity contribution in [2.24, 2.45) is 0 Å². The third-order valence-electron chi connectivity index (χ3n) is 3.29. The van der Waals surface area contributed by atoms with Crippen molar-refractivity contribution in [2.45, 2.75) is 90.0 Å². The molecule has 17 heteroatoms. The molecule has 0 heterocycles. The van der Waals surface area contributed by atoms with E-state index in [-0.39, 0.29) is 0 Å². The quantitative estimate of drug-likeness (QED) is 0.300. The molecule has 0 aliphatic rings. The topological polar surface area (TPSA) is 140 Å². The number of rotatable bonds is 8. The molecule has 0 aliphatic heterocycles. The van der Waals surface area contributed by atoms with E-state index >= 15 is 0 Å². The van der Waals surface area contributed by atoms with Crippen LogP contribution in [0, 0.1) is 0 Å². The minimum absolute atomic E-state index is 0.595. The third kappa shape index (κ3) is 21.3. The first-order chi connectivity index (χ1) is 15.8. The first kappa shape index (κ1) is 36.1. The number of nitrogens with one attached hydrogen (secondary N) is 2. The zero-order valence-corrected chi connectivity index (χ0v) is 21.8. The summed E-state index contributed by atoms with van der Waals surface area (Å²) in [5.41, 5.74) is -1.80. The average molecular weight is 565 g/mol. The fourth-order valence-corrected chi connectivity index (χ4v) is 2.38. The van der Waals surface area contributed by atoms with E-state index in [2.05, 4.69) is 8.92 Å². The highest BCUT2D eigenvalue weighted by Crippen LogP contribution is 2.24. The van der Waals surface area contributed by atoms with Gasteiger partial charge in [0.15, 0.2) is 0 Å². The average Bonchev–Trinajstić information content (AvgIpc) is 2.55. The molecule has 0 saturated heterocycles. The second-order valence-corrected chi connectivity index (χ2v) is 11.0. The molecule has 0 rings (SSSR count). The Morgan fingerprint density at radius 1 is 0.778 bits per heavy atom. The summed E-state index contributed by atoms with van der Waals surface area (Å²) in [5, 5.41) is 11.8. The van der Waals surface area contributed by atoms with Crippen LogP contribution in [-0.4, -0.2) is 80.8 Å². The van der Waals surface area contributed by atoms with Crippen molar-refractivity contribution in [3.8, 4) is 0 Å². The molecule has 2 amide bonds.